The van der Waals surface area contributed by atoms with Crippen LogP contribution in [-0.4, -0.2) is 0 Å². The average Bonchev–Trinajstić information content (AvgIpc) is 0.718. The van der Waals surface area contributed by atoms with Gasteiger partial charge in [-0.3, -0.25) is 0 Å². The van der Waals surface area contributed by atoms with E-state index in [0.717, 1.165) is 97.1 Å². The van der Waals surface area contributed by atoms with E-state index in [4.69, 9.17) is 13.1 Å². The van der Waals surface area contributed by atoms with Gasteiger partial charge in [-0.15, -0.1) is 0 Å². The lowest BCUT2D eigenvalue weighted by molar-refractivity contribution is -0.138. The molecule has 20 rings (SSSR count). The van der Waals surface area contributed by atoms with Crippen molar-refractivity contribution in [3.63, 3.8) is 0 Å². The molecule has 0 aliphatic heterocycles. The van der Waals surface area contributed by atoms with Crippen molar-refractivity contribution in [2.45, 2.75) is 24.7 Å². The number of alkyl halides is 12. The van der Waals surface area contributed by atoms with Crippen LogP contribution in [0.15, 0.2) is 340 Å². The molecule has 0 bridgehead atoms. The fourth-order valence-electron chi connectivity index (χ4n) is 18.0. The Bertz CT molecular complexity index is 8050. The summed E-state index contributed by atoms with van der Waals surface area (Å²) in [6, 6.07) is 79.2. The molecule has 0 atom stereocenters. The molecule has 20 aromatic rings. The van der Waals surface area contributed by atoms with E-state index in [1.165, 1.54) is 117 Å². The van der Waals surface area contributed by atoms with Crippen molar-refractivity contribution in [1.82, 2.24) is 0 Å². The van der Waals surface area contributed by atoms with Gasteiger partial charge in [0, 0.05) is 90.8 Å². The third-order valence-corrected chi connectivity index (χ3v) is 24.3. The van der Waals surface area contributed by atoms with Gasteiger partial charge in [-0.05, 0) is 223 Å². The summed E-state index contributed by atoms with van der Waals surface area (Å²) in [7, 11) is 0. The van der Waals surface area contributed by atoms with Crippen LogP contribution in [0.3, 0.4) is 0 Å². The van der Waals surface area contributed by atoms with E-state index in [1.54, 1.807) is 121 Å². The van der Waals surface area contributed by atoms with Gasteiger partial charge >= 0.3 is 24.7 Å². The van der Waals surface area contributed by atoms with Crippen molar-refractivity contribution in [2.24, 2.45) is 0 Å². The summed E-state index contributed by atoms with van der Waals surface area (Å²) in [4.78, 5) is 12.7. The molecule has 20 aromatic carbocycles. The number of benzene rings is 20. The highest BCUT2D eigenvalue weighted by Crippen LogP contribution is 2.55. The highest BCUT2D eigenvalue weighted by Gasteiger charge is 2.39. The van der Waals surface area contributed by atoms with Crippen LogP contribution in [0, 0.1) is 82.3 Å². The van der Waals surface area contributed by atoms with Crippen LogP contribution < -0.4 is 19.6 Å². The molecule has 684 valence electrons. The topological polar surface area (TPSA) is 69.3 Å². The molecule has 0 heterocycles. The summed E-state index contributed by atoms with van der Waals surface area (Å²) in [5.41, 5.74) is -5.27. The number of nitrogens with zero attached hydrogens (tertiary/aromatic N) is 8. The first kappa shape index (κ1) is 91.4. The van der Waals surface area contributed by atoms with Gasteiger partial charge in [-0.25, -0.2) is 44.8 Å². The van der Waals surface area contributed by atoms with E-state index in [1.807, 2.05) is 12.1 Å². The Morgan fingerprint density at radius 3 is 0.750 bits per heavy atom. The summed E-state index contributed by atoms with van der Waals surface area (Å²) >= 11 is 0. The van der Waals surface area contributed by atoms with Gasteiger partial charge in [-0.1, -0.05) is 158 Å². The van der Waals surface area contributed by atoms with Crippen molar-refractivity contribution in [2.75, 3.05) is 19.6 Å². The summed E-state index contributed by atoms with van der Waals surface area (Å²) < 4.78 is 298. The van der Waals surface area contributed by atoms with Crippen molar-refractivity contribution in [3.8, 4) is 56.6 Å². The van der Waals surface area contributed by atoms with Crippen molar-refractivity contribution < 1.29 is 87.8 Å². The molecular formula is C112H56F20N8. The maximum atomic E-state index is 16.5. The second-order valence-corrected chi connectivity index (χ2v) is 32.5. The molecule has 0 amide bonds. The zero-order valence-electron chi connectivity index (χ0n) is 71.5. The standard InChI is InChI=1S/2C56H28F10N4/c1-68-38-14-18-40(19-15-38)70(52-27-44(46(58)29-48(52)60)35-5-3-7-37(25-35)56(64,65)66)50-23-13-33-10-20-41-49(22-12-32-11-21-42(50)54(33)53(32)41)69(39-16-8-31(30-67)9-17-39)51-26-43(45(57)28-47(51)59)34-4-2-6-36(24-34)55(61,62)63;1-68-34-16-20-36(21-17-34)70(52-27-42(46(58)29-48(52)60)38-7-3-5-9-44(38)56(64,65)66)50-25-15-33-12-22-39-49(24-14-32-13-23-40(50)54(33)53(32)39)69(35-18-10-31(30-67)11-19-35)51-26-41(45(57)28-47(51)59)37-6-2-4-8-43(37)55(61,62)63/h2*2-29H. The van der Waals surface area contributed by atoms with Crippen molar-refractivity contribution >= 4 is 144 Å². The molecule has 0 aromatic heterocycles. The van der Waals surface area contributed by atoms with Gasteiger partial charge in [0.05, 0.1) is 104 Å². The van der Waals surface area contributed by atoms with Crippen molar-refractivity contribution in [3.05, 3.63) is 442 Å². The summed E-state index contributed by atoms with van der Waals surface area (Å²) in [5, 5.41) is 26.3. The molecular weight excluding hydrogens is 1840 g/mol. The van der Waals surface area contributed by atoms with Crippen LogP contribution in [0.5, 0.6) is 0 Å². The number of hydrogen-bond acceptors (Lipinski definition) is 6. The second-order valence-electron chi connectivity index (χ2n) is 32.5. The lowest BCUT2D eigenvalue weighted by Gasteiger charge is -2.30. The first-order valence-electron chi connectivity index (χ1n) is 42.3. The lowest BCUT2D eigenvalue weighted by Crippen LogP contribution is -2.14. The second kappa shape index (κ2) is 35.5. The molecule has 0 fully saturated rings. The SMILES string of the molecule is [C-]#[N+]c1ccc(N(c2cc(-c3cccc(C(F)(F)F)c3)c(F)cc2F)c2ccc3ccc4c(N(c5ccc(C#N)cc5)c5cc(-c6cccc(C(F)(F)F)c6)c(F)cc5F)ccc5ccc2c3c54)cc1.[C-]#[N+]c1ccc(N(c2cc(-c3ccccc3C(F)(F)F)c(F)cc2F)c2ccc3ccc4c(N(c5ccc(C#N)cc5)c5cc(-c6ccccc6C(F)(F)F)c(F)cc5F)ccc5ccc2c3c54)cc1. The minimum absolute atomic E-state index is 0.161. The Morgan fingerprint density at radius 2 is 0.486 bits per heavy atom. The maximum Gasteiger partial charge on any atom is 0.417 e. The Morgan fingerprint density at radius 1 is 0.229 bits per heavy atom. The van der Waals surface area contributed by atoms with Crippen LogP contribution in [0.25, 0.3) is 119 Å². The van der Waals surface area contributed by atoms with E-state index < -0.39 is 116 Å². The van der Waals surface area contributed by atoms with Crippen LogP contribution in [0.1, 0.15) is 33.4 Å². The normalized spacial score (nSPS) is 11.8. The minimum Gasteiger partial charge on any atom is -0.307 e. The van der Waals surface area contributed by atoms with Crippen LogP contribution >= 0.6 is 0 Å². The number of rotatable bonds is 16. The summed E-state index contributed by atoms with van der Waals surface area (Å²) in [5.74, 6) is -9.08. The molecule has 0 saturated carbocycles. The van der Waals surface area contributed by atoms with Gasteiger partial charge in [0.1, 0.15) is 46.5 Å². The minimum atomic E-state index is -4.89. The largest absolute Gasteiger partial charge is 0.417 e. The molecule has 8 nitrogen and oxygen atoms in total. The zero-order chi connectivity index (χ0) is 98.4. The molecule has 28 heteroatoms. The van der Waals surface area contributed by atoms with Gasteiger partial charge in [0.2, 0.25) is 0 Å². The van der Waals surface area contributed by atoms with Gasteiger partial charge in [-0.2, -0.15) is 63.2 Å². The van der Waals surface area contributed by atoms with Gasteiger partial charge < -0.3 is 19.6 Å². The highest BCUT2D eigenvalue weighted by atomic mass is 19.4. The first-order valence-corrected chi connectivity index (χ1v) is 42.3. The predicted molar refractivity (Wildman–Crippen MR) is 502 cm³/mol. The summed E-state index contributed by atoms with van der Waals surface area (Å²) in [6.07, 6.45) is -19.3. The van der Waals surface area contributed by atoms with Crippen LogP contribution in [-0.2, 0) is 24.7 Å². The molecule has 0 unspecified atom stereocenters. The van der Waals surface area contributed by atoms with Gasteiger partial charge in [0.25, 0.3) is 0 Å². The van der Waals surface area contributed by atoms with Crippen LogP contribution in [0.4, 0.5) is 167 Å². The first-order chi connectivity index (χ1) is 67.1. The van der Waals surface area contributed by atoms with E-state index in [-0.39, 0.29) is 90.3 Å². The van der Waals surface area contributed by atoms with E-state index in [9.17, 15) is 63.2 Å². The smallest absolute Gasteiger partial charge is 0.307 e. The zero-order valence-corrected chi connectivity index (χ0v) is 71.5. The highest BCUT2D eigenvalue weighted by molar-refractivity contribution is 6.30. The molecule has 0 aliphatic carbocycles. The molecule has 140 heavy (non-hydrogen) atoms. The third-order valence-electron chi connectivity index (χ3n) is 24.3. The number of hydrogen-bond donors (Lipinski definition) is 0. The molecule has 0 spiro atoms. The molecule has 0 radical (unpaired) electrons. The molecule has 0 aliphatic rings. The quantitative estimate of drug-likeness (QED) is 0.0545. The summed E-state index contributed by atoms with van der Waals surface area (Å²) in [6.45, 7) is 15.1. The lowest BCUT2D eigenvalue weighted by atomic mass is 9.91. The monoisotopic (exact) mass is 1890 g/mol. The predicted octanol–water partition coefficient (Wildman–Crippen LogP) is 35.7. The van der Waals surface area contributed by atoms with E-state index in [2.05, 4.69) is 9.69 Å². The fourth-order valence-corrected chi connectivity index (χ4v) is 18.0. The fraction of sp³-hybridized carbons (Fsp3) is 0.0357. The maximum absolute atomic E-state index is 16.5. The van der Waals surface area contributed by atoms with Crippen molar-refractivity contribution in [1.29, 1.82) is 10.5 Å². The van der Waals surface area contributed by atoms with E-state index >= 15 is 35.1 Å². The van der Waals surface area contributed by atoms with Gasteiger partial charge in [0.15, 0.2) is 11.4 Å². The Kier molecular flexibility index (Phi) is 23.2. The third kappa shape index (κ3) is 16.7. The number of nitriles is 2. The van der Waals surface area contributed by atoms with E-state index in [0.29, 0.717) is 112 Å². The molecule has 0 N–H and O–H groups in total. The Balaban J connectivity index is 0.000000178. The Labute approximate surface area is 781 Å². The molecule has 0 saturated heterocycles. The number of halogens is 20. The average molecular weight is 1890 g/mol. The Hall–Kier alpha value is -17.8. The number of anilines is 12. The van der Waals surface area contributed by atoms with Crippen LogP contribution in [0.2, 0.25) is 0 Å².